The molecule has 0 saturated heterocycles. The van der Waals surface area contributed by atoms with E-state index >= 15 is 0 Å². The molecule has 3 aromatic rings. The van der Waals surface area contributed by atoms with Crippen molar-refractivity contribution in [2.75, 3.05) is 5.32 Å². The SMILES string of the molecule is S=C(N/N=C/c1cccc(OCc2ccc(Cl)cc2)c1)Nc1cccc(Cl)c1. The molecular formula is C21H17Cl2N3OS. The molecule has 0 amide bonds. The van der Waals surface area contributed by atoms with Gasteiger partial charge in [-0.25, -0.2) is 0 Å². The van der Waals surface area contributed by atoms with Crippen LogP contribution in [0.3, 0.4) is 0 Å². The van der Waals surface area contributed by atoms with E-state index in [4.69, 9.17) is 40.2 Å². The summed E-state index contributed by atoms with van der Waals surface area (Å²) >= 11 is 17.1. The van der Waals surface area contributed by atoms with Crippen LogP contribution in [0.5, 0.6) is 5.75 Å². The molecule has 0 atom stereocenters. The van der Waals surface area contributed by atoms with Gasteiger partial charge in [-0.3, -0.25) is 5.43 Å². The van der Waals surface area contributed by atoms with E-state index in [1.807, 2.05) is 60.7 Å². The Morgan fingerprint density at radius 2 is 1.75 bits per heavy atom. The van der Waals surface area contributed by atoms with E-state index in [9.17, 15) is 0 Å². The summed E-state index contributed by atoms with van der Waals surface area (Å²) in [5, 5.41) is 8.86. The van der Waals surface area contributed by atoms with Crippen LogP contribution < -0.4 is 15.5 Å². The van der Waals surface area contributed by atoms with Crippen molar-refractivity contribution in [3.05, 3.63) is 94.0 Å². The molecule has 2 N–H and O–H groups in total. The molecule has 0 aromatic heterocycles. The molecule has 0 aliphatic heterocycles. The van der Waals surface area contributed by atoms with E-state index in [2.05, 4.69) is 15.8 Å². The van der Waals surface area contributed by atoms with Crippen LogP contribution in [0.2, 0.25) is 10.0 Å². The zero-order chi connectivity index (χ0) is 19.8. The molecule has 142 valence electrons. The van der Waals surface area contributed by atoms with Crippen LogP contribution in [0.1, 0.15) is 11.1 Å². The van der Waals surface area contributed by atoms with Crippen molar-refractivity contribution in [1.29, 1.82) is 0 Å². The number of hydrogen-bond donors (Lipinski definition) is 2. The second-order valence-corrected chi connectivity index (χ2v) is 7.10. The van der Waals surface area contributed by atoms with Gasteiger partial charge in [-0.1, -0.05) is 53.5 Å². The van der Waals surface area contributed by atoms with Gasteiger partial charge in [0.2, 0.25) is 0 Å². The molecule has 0 saturated carbocycles. The minimum Gasteiger partial charge on any atom is -0.489 e. The summed E-state index contributed by atoms with van der Waals surface area (Å²) in [5.74, 6) is 0.749. The van der Waals surface area contributed by atoms with Gasteiger partial charge in [-0.05, 0) is 65.8 Å². The van der Waals surface area contributed by atoms with Crippen molar-refractivity contribution in [3.63, 3.8) is 0 Å². The fourth-order valence-corrected chi connectivity index (χ4v) is 2.81. The standard InChI is InChI=1S/C21H17Cl2N3OS/c22-17-9-7-15(8-10-17)14-27-20-6-1-3-16(11-20)13-24-26-21(28)25-19-5-2-4-18(23)12-19/h1-13H,14H2,(H2,25,26,28)/b24-13+. The number of halogens is 2. The highest BCUT2D eigenvalue weighted by atomic mass is 35.5. The molecule has 0 aliphatic rings. The maximum atomic E-state index is 5.95. The summed E-state index contributed by atoms with van der Waals surface area (Å²) in [6.07, 6.45) is 1.67. The van der Waals surface area contributed by atoms with Crippen LogP contribution in [0.4, 0.5) is 5.69 Å². The number of benzene rings is 3. The summed E-state index contributed by atoms with van der Waals surface area (Å²) in [6, 6.07) is 22.5. The van der Waals surface area contributed by atoms with Crippen molar-refractivity contribution in [1.82, 2.24) is 5.43 Å². The number of rotatable bonds is 6. The van der Waals surface area contributed by atoms with E-state index in [1.165, 1.54) is 0 Å². The van der Waals surface area contributed by atoms with Gasteiger partial charge in [0.05, 0.1) is 6.21 Å². The van der Waals surface area contributed by atoms with Crippen LogP contribution in [0, 0.1) is 0 Å². The molecular weight excluding hydrogens is 413 g/mol. The Hall–Kier alpha value is -2.60. The Morgan fingerprint density at radius 1 is 0.964 bits per heavy atom. The Balaban J connectivity index is 1.51. The van der Waals surface area contributed by atoms with Gasteiger partial charge in [0.15, 0.2) is 5.11 Å². The number of hydrogen-bond acceptors (Lipinski definition) is 3. The normalized spacial score (nSPS) is 10.6. The molecule has 0 fully saturated rings. The molecule has 4 nitrogen and oxygen atoms in total. The third-order valence-corrected chi connectivity index (χ3v) is 4.32. The molecule has 7 heteroatoms. The van der Waals surface area contributed by atoms with Gasteiger partial charge >= 0.3 is 0 Å². The summed E-state index contributed by atoms with van der Waals surface area (Å²) in [7, 11) is 0. The Labute approximate surface area is 179 Å². The number of anilines is 1. The molecule has 3 rings (SSSR count). The molecule has 0 aliphatic carbocycles. The third-order valence-electron chi connectivity index (χ3n) is 3.64. The first-order valence-corrected chi connectivity index (χ1v) is 9.58. The predicted molar refractivity (Wildman–Crippen MR) is 121 cm³/mol. The fourth-order valence-electron chi connectivity index (χ4n) is 2.32. The molecule has 0 spiro atoms. The lowest BCUT2D eigenvalue weighted by Crippen LogP contribution is -2.23. The Kier molecular flexibility index (Phi) is 7.25. The van der Waals surface area contributed by atoms with Gasteiger partial charge in [-0.15, -0.1) is 0 Å². The zero-order valence-corrected chi connectivity index (χ0v) is 17.1. The first-order chi connectivity index (χ1) is 13.6. The lowest BCUT2D eigenvalue weighted by molar-refractivity contribution is 0.306. The lowest BCUT2D eigenvalue weighted by atomic mass is 10.2. The first-order valence-electron chi connectivity index (χ1n) is 8.41. The van der Waals surface area contributed by atoms with E-state index < -0.39 is 0 Å². The second-order valence-electron chi connectivity index (χ2n) is 5.82. The minimum atomic E-state index is 0.369. The van der Waals surface area contributed by atoms with Crippen molar-refractivity contribution in [2.45, 2.75) is 6.61 Å². The highest BCUT2D eigenvalue weighted by molar-refractivity contribution is 7.80. The van der Waals surface area contributed by atoms with Crippen LogP contribution in [0.25, 0.3) is 0 Å². The average molecular weight is 430 g/mol. The molecule has 0 heterocycles. The Morgan fingerprint density at radius 3 is 2.54 bits per heavy atom. The molecule has 0 radical (unpaired) electrons. The minimum absolute atomic E-state index is 0.369. The van der Waals surface area contributed by atoms with Gasteiger partial charge in [0.25, 0.3) is 0 Å². The van der Waals surface area contributed by atoms with Crippen molar-refractivity contribution in [3.8, 4) is 5.75 Å². The number of hydrazone groups is 1. The largest absolute Gasteiger partial charge is 0.489 e. The number of thiocarbonyl (C=S) groups is 1. The van der Waals surface area contributed by atoms with Crippen LogP contribution in [-0.2, 0) is 6.61 Å². The van der Waals surface area contributed by atoms with Gasteiger partial charge < -0.3 is 10.1 Å². The second kappa shape index (κ2) is 10.1. The highest BCUT2D eigenvalue weighted by Crippen LogP contribution is 2.16. The maximum absolute atomic E-state index is 5.95. The first kappa shape index (κ1) is 20.1. The number of ether oxygens (including phenoxy) is 1. The van der Waals surface area contributed by atoms with Gasteiger partial charge in [0, 0.05) is 15.7 Å². The van der Waals surface area contributed by atoms with Gasteiger partial charge in [-0.2, -0.15) is 5.10 Å². The third kappa shape index (κ3) is 6.53. The predicted octanol–water partition coefficient (Wildman–Crippen LogP) is 5.89. The highest BCUT2D eigenvalue weighted by Gasteiger charge is 1.99. The Bertz CT molecular complexity index is 977. The average Bonchev–Trinajstić information content (AvgIpc) is 2.68. The number of nitrogens with one attached hydrogen (secondary N) is 2. The van der Waals surface area contributed by atoms with Gasteiger partial charge in [0.1, 0.15) is 12.4 Å². The summed E-state index contributed by atoms with van der Waals surface area (Å²) in [4.78, 5) is 0. The zero-order valence-electron chi connectivity index (χ0n) is 14.7. The van der Waals surface area contributed by atoms with Crippen molar-refractivity contribution < 1.29 is 4.74 Å². The van der Waals surface area contributed by atoms with E-state index in [-0.39, 0.29) is 0 Å². The topological polar surface area (TPSA) is 45.7 Å². The van der Waals surface area contributed by atoms with E-state index in [1.54, 1.807) is 18.3 Å². The molecule has 0 bridgehead atoms. The molecule has 0 unspecified atom stereocenters. The van der Waals surface area contributed by atoms with E-state index in [0.717, 1.165) is 22.6 Å². The summed E-state index contributed by atoms with van der Waals surface area (Å²) in [5.41, 5.74) is 5.49. The van der Waals surface area contributed by atoms with Crippen LogP contribution >= 0.6 is 35.4 Å². The quantitative estimate of drug-likeness (QED) is 0.291. The van der Waals surface area contributed by atoms with Crippen LogP contribution in [0.15, 0.2) is 77.9 Å². The fraction of sp³-hybridized carbons (Fsp3) is 0.0476. The maximum Gasteiger partial charge on any atom is 0.191 e. The van der Waals surface area contributed by atoms with Crippen LogP contribution in [-0.4, -0.2) is 11.3 Å². The lowest BCUT2D eigenvalue weighted by Gasteiger charge is -2.08. The summed E-state index contributed by atoms with van der Waals surface area (Å²) in [6.45, 7) is 0.462. The van der Waals surface area contributed by atoms with Crippen molar-refractivity contribution >= 4 is 52.4 Å². The number of nitrogens with zero attached hydrogens (tertiary/aromatic N) is 1. The molecule has 3 aromatic carbocycles. The summed E-state index contributed by atoms with van der Waals surface area (Å²) < 4.78 is 5.81. The van der Waals surface area contributed by atoms with Crippen molar-refractivity contribution in [2.24, 2.45) is 5.10 Å². The van der Waals surface area contributed by atoms with E-state index in [0.29, 0.717) is 21.8 Å². The smallest absolute Gasteiger partial charge is 0.191 e. The monoisotopic (exact) mass is 429 g/mol. The molecule has 28 heavy (non-hydrogen) atoms.